The van der Waals surface area contributed by atoms with E-state index in [1.54, 1.807) is 24.3 Å². The molecule has 0 aliphatic heterocycles. The Morgan fingerprint density at radius 2 is 1.67 bits per heavy atom. The Morgan fingerprint density at radius 3 is 2.45 bits per heavy atom. The zero-order valence-corrected chi connectivity index (χ0v) is 16.7. The Balaban J connectivity index is 1.60. The summed E-state index contributed by atoms with van der Waals surface area (Å²) >= 11 is 0. The van der Waals surface area contributed by atoms with Gasteiger partial charge < -0.3 is 4.74 Å². The summed E-state index contributed by atoms with van der Waals surface area (Å²) in [5, 5.41) is 24.2. The van der Waals surface area contributed by atoms with Crippen LogP contribution in [-0.4, -0.2) is 25.7 Å². The topological polar surface area (TPSA) is 162 Å². The van der Waals surface area contributed by atoms with Crippen LogP contribution in [0.3, 0.4) is 0 Å². The molecule has 164 valence electrons. The third kappa shape index (κ3) is 4.49. The van der Waals surface area contributed by atoms with Crippen molar-refractivity contribution >= 4 is 33.9 Å². The van der Waals surface area contributed by atoms with Gasteiger partial charge in [-0.1, -0.05) is 42.5 Å². The van der Waals surface area contributed by atoms with Gasteiger partial charge in [-0.2, -0.15) is 4.98 Å². The number of benzene rings is 3. The monoisotopic (exact) mass is 446 g/mol. The quantitative estimate of drug-likeness (QED) is 0.315. The van der Waals surface area contributed by atoms with Crippen LogP contribution in [0, 0.1) is 20.2 Å². The molecule has 1 aromatic heterocycles. The number of hydrogen-bond donors (Lipinski definition) is 2. The van der Waals surface area contributed by atoms with Gasteiger partial charge in [0.15, 0.2) is 0 Å². The molecule has 2 N–H and O–H groups in total. The second-order valence-corrected chi connectivity index (χ2v) is 6.60. The molecule has 12 nitrogen and oxygen atoms in total. The van der Waals surface area contributed by atoms with E-state index in [1.165, 1.54) is 18.2 Å². The minimum atomic E-state index is -0.761. The number of amides is 1. The van der Waals surface area contributed by atoms with Gasteiger partial charge in [0.2, 0.25) is 5.82 Å². The fourth-order valence-corrected chi connectivity index (χ4v) is 3.03. The normalized spacial score (nSPS) is 10.4. The van der Waals surface area contributed by atoms with E-state index in [2.05, 4.69) is 20.8 Å². The van der Waals surface area contributed by atoms with E-state index in [0.717, 1.165) is 23.2 Å². The summed E-state index contributed by atoms with van der Waals surface area (Å²) in [6.07, 6.45) is 1.04. The number of hydrogen-bond acceptors (Lipinski definition) is 9. The van der Waals surface area contributed by atoms with Gasteiger partial charge >= 0.3 is 11.6 Å². The van der Waals surface area contributed by atoms with Gasteiger partial charge in [0.1, 0.15) is 12.1 Å². The van der Waals surface area contributed by atoms with Gasteiger partial charge in [-0.3, -0.25) is 35.9 Å². The number of carbonyl (C=O) groups is 1. The summed E-state index contributed by atoms with van der Waals surface area (Å²) in [4.78, 5) is 41.3. The summed E-state index contributed by atoms with van der Waals surface area (Å²) in [5.41, 5.74) is 3.69. The first kappa shape index (κ1) is 21.1. The summed E-state index contributed by atoms with van der Waals surface area (Å²) < 4.78 is 5.74. The lowest BCUT2D eigenvalue weighted by molar-refractivity contribution is -0.385. The molecule has 0 bridgehead atoms. The number of nitrogens with zero attached hydrogens (tertiary/aromatic N) is 4. The molecule has 0 atom stereocenters. The van der Waals surface area contributed by atoms with Crippen LogP contribution >= 0.6 is 0 Å². The molecule has 0 aliphatic rings. The number of nitro groups is 2. The molecule has 4 aromatic rings. The van der Waals surface area contributed by atoms with Crippen molar-refractivity contribution in [3.05, 3.63) is 98.8 Å². The van der Waals surface area contributed by atoms with Crippen LogP contribution in [0.4, 0.5) is 17.2 Å². The molecule has 1 heterocycles. The maximum atomic E-state index is 12.4. The van der Waals surface area contributed by atoms with Gasteiger partial charge in [0.05, 0.1) is 9.85 Å². The van der Waals surface area contributed by atoms with Crippen molar-refractivity contribution in [3.63, 3.8) is 0 Å². The van der Waals surface area contributed by atoms with Crippen molar-refractivity contribution in [2.45, 2.75) is 0 Å². The van der Waals surface area contributed by atoms with Crippen molar-refractivity contribution < 1.29 is 19.4 Å². The number of hydrazine groups is 1. The third-order valence-corrected chi connectivity index (χ3v) is 4.54. The van der Waals surface area contributed by atoms with Gasteiger partial charge in [0, 0.05) is 23.1 Å². The van der Waals surface area contributed by atoms with E-state index in [4.69, 9.17) is 4.74 Å². The summed E-state index contributed by atoms with van der Waals surface area (Å²) in [6.45, 7) is 0. The molecular weight excluding hydrogens is 432 g/mol. The lowest BCUT2D eigenvalue weighted by atomic mass is 10.1. The smallest absolute Gasteiger partial charge is 0.374 e. The number of aromatic nitrogens is 2. The predicted octanol–water partition coefficient (Wildman–Crippen LogP) is 4.00. The molecular formula is C21H14N6O6. The van der Waals surface area contributed by atoms with Crippen molar-refractivity contribution in [1.29, 1.82) is 0 Å². The first-order valence-electron chi connectivity index (χ1n) is 9.40. The Kier molecular flexibility index (Phi) is 5.72. The highest BCUT2D eigenvalue weighted by molar-refractivity contribution is 5.95. The highest BCUT2D eigenvalue weighted by atomic mass is 16.6. The fraction of sp³-hybridized carbons (Fsp3) is 0. The number of non-ortho nitro benzene ring substituents is 1. The Labute approximate surface area is 185 Å². The van der Waals surface area contributed by atoms with Crippen LogP contribution in [-0.2, 0) is 0 Å². The Morgan fingerprint density at radius 1 is 0.909 bits per heavy atom. The summed E-state index contributed by atoms with van der Waals surface area (Å²) in [6, 6.07) is 17.6. The SMILES string of the molecule is O=C(NNc1ncnc(Oc2cccc3ccccc23)c1[N+](=O)[O-])c1cccc([N+](=O)[O-])c1. The zero-order chi connectivity index (χ0) is 23.4. The molecule has 0 fully saturated rings. The molecule has 3 aromatic carbocycles. The number of anilines is 1. The van der Waals surface area contributed by atoms with Crippen molar-refractivity contribution in [3.8, 4) is 11.6 Å². The molecule has 0 spiro atoms. The average molecular weight is 446 g/mol. The first-order chi connectivity index (χ1) is 15.9. The summed E-state index contributed by atoms with van der Waals surface area (Å²) in [5.74, 6) is -1.08. The Bertz CT molecular complexity index is 1390. The molecule has 0 unspecified atom stereocenters. The molecule has 0 aliphatic carbocycles. The highest BCUT2D eigenvalue weighted by Crippen LogP contribution is 2.36. The third-order valence-electron chi connectivity index (χ3n) is 4.54. The zero-order valence-electron chi connectivity index (χ0n) is 16.7. The molecule has 4 rings (SSSR count). The van der Waals surface area contributed by atoms with E-state index in [1.807, 2.05) is 18.2 Å². The molecule has 0 saturated heterocycles. The van der Waals surface area contributed by atoms with Gasteiger partial charge in [-0.05, 0) is 17.5 Å². The van der Waals surface area contributed by atoms with Gasteiger partial charge in [-0.25, -0.2) is 4.98 Å². The molecule has 0 radical (unpaired) electrons. The van der Waals surface area contributed by atoms with Gasteiger partial charge in [-0.15, -0.1) is 0 Å². The van der Waals surface area contributed by atoms with Crippen LogP contribution in [0.25, 0.3) is 10.8 Å². The van der Waals surface area contributed by atoms with Crippen LogP contribution in [0.2, 0.25) is 0 Å². The summed E-state index contributed by atoms with van der Waals surface area (Å²) in [7, 11) is 0. The number of nitro benzene ring substituents is 1. The standard InChI is InChI=1S/C21H14N6O6/c28-20(14-7-3-8-15(11-14)26(29)30)25-24-19-18(27(31)32)21(23-12-22-19)33-17-10-4-6-13-5-1-2-9-16(13)17/h1-12H,(H,25,28)(H,22,23,24). The number of ether oxygens (including phenoxy) is 1. The minimum Gasteiger partial charge on any atom is -0.433 e. The van der Waals surface area contributed by atoms with Crippen molar-refractivity contribution in [1.82, 2.24) is 15.4 Å². The van der Waals surface area contributed by atoms with Crippen molar-refractivity contribution in [2.24, 2.45) is 0 Å². The maximum Gasteiger partial charge on any atom is 0.374 e. The van der Waals surface area contributed by atoms with Crippen LogP contribution < -0.4 is 15.6 Å². The van der Waals surface area contributed by atoms with E-state index in [0.29, 0.717) is 5.75 Å². The number of nitrogens with one attached hydrogen (secondary N) is 2. The van der Waals surface area contributed by atoms with E-state index < -0.39 is 21.4 Å². The largest absolute Gasteiger partial charge is 0.433 e. The second-order valence-electron chi connectivity index (χ2n) is 6.60. The van der Waals surface area contributed by atoms with E-state index in [9.17, 15) is 25.0 Å². The van der Waals surface area contributed by atoms with E-state index in [-0.39, 0.29) is 22.9 Å². The predicted molar refractivity (Wildman–Crippen MR) is 117 cm³/mol. The molecule has 1 amide bonds. The molecule has 12 heteroatoms. The number of fused-ring (bicyclic) bond motifs is 1. The number of rotatable bonds is 7. The molecule has 0 saturated carbocycles. The van der Waals surface area contributed by atoms with Crippen LogP contribution in [0.5, 0.6) is 11.6 Å². The van der Waals surface area contributed by atoms with Crippen LogP contribution in [0.1, 0.15) is 10.4 Å². The molecule has 33 heavy (non-hydrogen) atoms. The number of carbonyl (C=O) groups excluding carboxylic acids is 1. The lowest BCUT2D eigenvalue weighted by Crippen LogP contribution is -2.30. The minimum absolute atomic E-state index is 0.0272. The van der Waals surface area contributed by atoms with E-state index >= 15 is 0 Å². The lowest BCUT2D eigenvalue weighted by Gasteiger charge is -2.11. The first-order valence-corrected chi connectivity index (χ1v) is 9.40. The highest BCUT2D eigenvalue weighted by Gasteiger charge is 2.26. The van der Waals surface area contributed by atoms with Crippen molar-refractivity contribution in [2.75, 3.05) is 5.43 Å². The fourth-order valence-electron chi connectivity index (χ4n) is 3.03. The average Bonchev–Trinajstić information content (AvgIpc) is 2.82. The van der Waals surface area contributed by atoms with Crippen LogP contribution in [0.15, 0.2) is 73.1 Å². The second kappa shape index (κ2) is 8.93. The Hall–Kier alpha value is -5.13. The maximum absolute atomic E-state index is 12.4. The van der Waals surface area contributed by atoms with Gasteiger partial charge in [0.25, 0.3) is 11.6 Å².